The molecule has 2 atom stereocenters. The summed E-state index contributed by atoms with van der Waals surface area (Å²) in [5, 5.41) is 3.51. The molecule has 156 valence electrons. The van der Waals surface area contributed by atoms with Crippen LogP contribution in [0.1, 0.15) is 38.3 Å². The first-order chi connectivity index (χ1) is 13.8. The molecule has 0 saturated heterocycles. The van der Waals surface area contributed by atoms with E-state index in [0.717, 1.165) is 17.5 Å². The van der Waals surface area contributed by atoms with E-state index < -0.39 is 6.04 Å². The van der Waals surface area contributed by atoms with E-state index in [1.807, 2.05) is 56.3 Å². The second kappa shape index (κ2) is 10.9. The van der Waals surface area contributed by atoms with Crippen molar-refractivity contribution in [1.29, 1.82) is 0 Å². The van der Waals surface area contributed by atoms with E-state index in [2.05, 4.69) is 5.32 Å². The van der Waals surface area contributed by atoms with Crippen molar-refractivity contribution in [1.82, 2.24) is 10.2 Å². The van der Waals surface area contributed by atoms with Gasteiger partial charge in [-0.2, -0.15) is 0 Å². The van der Waals surface area contributed by atoms with Gasteiger partial charge in [0.1, 0.15) is 11.8 Å². The number of ether oxygens (including phenoxy) is 1. The fourth-order valence-corrected chi connectivity index (χ4v) is 3.12. The molecule has 0 aromatic heterocycles. The molecule has 0 bridgehead atoms. The van der Waals surface area contributed by atoms with Crippen molar-refractivity contribution in [2.75, 3.05) is 7.11 Å². The van der Waals surface area contributed by atoms with Crippen LogP contribution in [0.3, 0.4) is 0 Å². The van der Waals surface area contributed by atoms with Gasteiger partial charge in [0.2, 0.25) is 11.8 Å². The third-order valence-electron chi connectivity index (χ3n) is 4.95. The summed E-state index contributed by atoms with van der Waals surface area (Å²) in [6, 6.07) is 14.2. The standard InChI is InChI=1S/C23H29ClN2O3/c1-5-16(2)25-23(28)17(3)26(15-18-9-8-11-20(13-18)29-4)22(27)14-19-10-6-7-12-21(19)24/h6-13,16-17H,5,14-15H2,1-4H3,(H,25,28)/t16-,17+/m0/s1. The average molecular weight is 417 g/mol. The van der Waals surface area contributed by atoms with Crippen molar-refractivity contribution in [3.05, 3.63) is 64.7 Å². The Labute approximate surface area is 178 Å². The molecule has 2 aromatic carbocycles. The zero-order valence-corrected chi connectivity index (χ0v) is 18.2. The first kappa shape index (κ1) is 22.8. The number of nitrogens with one attached hydrogen (secondary N) is 1. The van der Waals surface area contributed by atoms with Gasteiger partial charge in [0, 0.05) is 17.6 Å². The van der Waals surface area contributed by atoms with Crippen LogP contribution in [0.4, 0.5) is 0 Å². The van der Waals surface area contributed by atoms with Crippen LogP contribution in [0, 0.1) is 0 Å². The van der Waals surface area contributed by atoms with Crippen LogP contribution in [0.15, 0.2) is 48.5 Å². The van der Waals surface area contributed by atoms with Gasteiger partial charge in [0.15, 0.2) is 0 Å². The molecule has 0 radical (unpaired) electrons. The Morgan fingerprint density at radius 2 is 1.86 bits per heavy atom. The van der Waals surface area contributed by atoms with Crippen molar-refractivity contribution in [3.63, 3.8) is 0 Å². The maximum atomic E-state index is 13.2. The number of hydrogen-bond donors (Lipinski definition) is 1. The van der Waals surface area contributed by atoms with E-state index in [1.165, 1.54) is 0 Å². The van der Waals surface area contributed by atoms with Gasteiger partial charge in [-0.1, -0.05) is 48.9 Å². The minimum Gasteiger partial charge on any atom is -0.497 e. The Kier molecular flexibility index (Phi) is 8.52. The zero-order valence-electron chi connectivity index (χ0n) is 17.4. The van der Waals surface area contributed by atoms with Crippen molar-refractivity contribution in [2.24, 2.45) is 0 Å². The summed E-state index contributed by atoms with van der Waals surface area (Å²) in [5.74, 6) is 0.375. The highest BCUT2D eigenvalue weighted by Gasteiger charge is 2.27. The molecule has 0 aliphatic carbocycles. The van der Waals surface area contributed by atoms with Crippen molar-refractivity contribution in [2.45, 2.75) is 52.2 Å². The van der Waals surface area contributed by atoms with Crippen molar-refractivity contribution in [3.8, 4) is 5.75 Å². The highest BCUT2D eigenvalue weighted by atomic mass is 35.5. The highest BCUT2D eigenvalue weighted by molar-refractivity contribution is 6.31. The minimum atomic E-state index is -0.620. The van der Waals surface area contributed by atoms with E-state index >= 15 is 0 Å². The molecule has 2 aromatic rings. The summed E-state index contributed by atoms with van der Waals surface area (Å²) in [4.78, 5) is 27.5. The number of methoxy groups -OCH3 is 1. The van der Waals surface area contributed by atoms with Gasteiger partial charge >= 0.3 is 0 Å². The zero-order chi connectivity index (χ0) is 21.4. The number of carbonyl (C=O) groups excluding carboxylic acids is 2. The number of rotatable bonds is 9. The fraction of sp³-hybridized carbons (Fsp3) is 0.391. The molecule has 2 rings (SSSR count). The lowest BCUT2D eigenvalue weighted by Crippen LogP contribution is -2.49. The maximum Gasteiger partial charge on any atom is 0.242 e. The van der Waals surface area contributed by atoms with Crippen LogP contribution in [0.5, 0.6) is 5.75 Å². The molecule has 0 heterocycles. The van der Waals surface area contributed by atoms with Gasteiger partial charge < -0.3 is 15.0 Å². The van der Waals surface area contributed by atoms with Crippen LogP contribution < -0.4 is 10.1 Å². The van der Waals surface area contributed by atoms with Gasteiger partial charge in [-0.3, -0.25) is 9.59 Å². The quantitative estimate of drug-likeness (QED) is 0.665. The van der Waals surface area contributed by atoms with Crippen molar-refractivity contribution >= 4 is 23.4 Å². The summed E-state index contributed by atoms with van der Waals surface area (Å²) in [5.41, 5.74) is 1.63. The van der Waals surface area contributed by atoms with Gasteiger partial charge in [0.25, 0.3) is 0 Å². The lowest BCUT2D eigenvalue weighted by Gasteiger charge is -2.30. The number of hydrogen-bond acceptors (Lipinski definition) is 3. The first-order valence-electron chi connectivity index (χ1n) is 9.81. The Morgan fingerprint density at radius 3 is 2.52 bits per heavy atom. The Morgan fingerprint density at radius 1 is 1.14 bits per heavy atom. The normalized spacial score (nSPS) is 12.7. The molecule has 2 amide bonds. The summed E-state index contributed by atoms with van der Waals surface area (Å²) < 4.78 is 5.28. The number of amides is 2. The Balaban J connectivity index is 2.26. The molecule has 0 unspecified atom stereocenters. The summed E-state index contributed by atoms with van der Waals surface area (Å²) >= 11 is 6.24. The van der Waals surface area contributed by atoms with E-state index in [9.17, 15) is 9.59 Å². The maximum absolute atomic E-state index is 13.2. The monoisotopic (exact) mass is 416 g/mol. The number of benzene rings is 2. The molecule has 29 heavy (non-hydrogen) atoms. The second-order valence-corrected chi connectivity index (χ2v) is 7.54. The van der Waals surface area contributed by atoms with Crippen LogP contribution in [-0.4, -0.2) is 35.9 Å². The largest absolute Gasteiger partial charge is 0.497 e. The molecular formula is C23H29ClN2O3. The lowest BCUT2D eigenvalue weighted by atomic mass is 10.1. The number of halogens is 1. The van der Waals surface area contributed by atoms with E-state index in [0.29, 0.717) is 17.3 Å². The molecule has 0 aliphatic rings. The summed E-state index contributed by atoms with van der Waals surface area (Å²) in [6.07, 6.45) is 0.951. The number of carbonyl (C=O) groups is 2. The fourth-order valence-electron chi connectivity index (χ4n) is 2.92. The van der Waals surface area contributed by atoms with Gasteiger partial charge in [-0.25, -0.2) is 0 Å². The number of nitrogens with zero attached hydrogens (tertiary/aromatic N) is 1. The SMILES string of the molecule is CC[C@H](C)NC(=O)[C@@H](C)N(Cc1cccc(OC)c1)C(=O)Cc1ccccc1Cl. The van der Waals surface area contributed by atoms with E-state index in [4.69, 9.17) is 16.3 Å². The molecule has 5 nitrogen and oxygen atoms in total. The second-order valence-electron chi connectivity index (χ2n) is 7.14. The molecule has 0 spiro atoms. The summed E-state index contributed by atoms with van der Waals surface area (Å²) in [7, 11) is 1.60. The van der Waals surface area contributed by atoms with Gasteiger partial charge in [0.05, 0.1) is 13.5 Å². The molecule has 6 heteroatoms. The molecular weight excluding hydrogens is 388 g/mol. The van der Waals surface area contributed by atoms with Gasteiger partial charge in [-0.05, 0) is 49.6 Å². The first-order valence-corrected chi connectivity index (χ1v) is 10.2. The molecule has 1 N–H and O–H groups in total. The molecule has 0 saturated carbocycles. The van der Waals surface area contributed by atoms with Crippen LogP contribution >= 0.6 is 11.6 Å². The van der Waals surface area contributed by atoms with Gasteiger partial charge in [-0.15, -0.1) is 0 Å². The predicted octanol–water partition coefficient (Wildman–Crippen LogP) is 4.22. The average Bonchev–Trinajstić information content (AvgIpc) is 2.73. The van der Waals surface area contributed by atoms with E-state index in [1.54, 1.807) is 25.0 Å². The van der Waals surface area contributed by atoms with Crippen molar-refractivity contribution < 1.29 is 14.3 Å². The third kappa shape index (κ3) is 6.50. The Bertz CT molecular complexity index is 840. The Hall–Kier alpha value is -2.53. The predicted molar refractivity (Wildman–Crippen MR) is 116 cm³/mol. The van der Waals surface area contributed by atoms with Crippen LogP contribution in [-0.2, 0) is 22.6 Å². The smallest absolute Gasteiger partial charge is 0.242 e. The third-order valence-corrected chi connectivity index (χ3v) is 5.32. The topological polar surface area (TPSA) is 58.6 Å². The highest BCUT2D eigenvalue weighted by Crippen LogP contribution is 2.20. The minimum absolute atomic E-state index is 0.0438. The van der Waals surface area contributed by atoms with Crippen LogP contribution in [0.2, 0.25) is 5.02 Å². The lowest BCUT2D eigenvalue weighted by molar-refractivity contribution is -0.140. The summed E-state index contributed by atoms with van der Waals surface area (Å²) in [6.45, 7) is 6.01. The van der Waals surface area contributed by atoms with E-state index in [-0.39, 0.29) is 24.3 Å². The molecule has 0 aliphatic heterocycles. The van der Waals surface area contributed by atoms with Crippen LogP contribution in [0.25, 0.3) is 0 Å². The molecule has 0 fully saturated rings.